The van der Waals surface area contributed by atoms with E-state index < -0.39 is 0 Å². The largest absolute Gasteiger partial charge is 0.459 e. The normalized spacial score (nSPS) is 10.7. The van der Waals surface area contributed by atoms with Gasteiger partial charge >= 0.3 is 0 Å². The molecule has 2 aromatic carbocycles. The Kier molecular flexibility index (Phi) is 6.46. The van der Waals surface area contributed by atoms with Gasteiger partial charge in [-0.25, -0.2) is 4.68 Å². The highest BCUT2D eigenvalue weighted by molar-refractivity contribution is 5.98. The van der Waals surface area contributed by atoms with Gasteiger partial charge in [0.05, 0.1) is 17.6 Å². The average molecular weight is 428 g/mol. The Bertz CT molecular complexity index is 1170. The number of carbonyl (C=O) groups is 2. The Morgan fingerprint density at radius 2 is 1.72 bits per heavy atom. The number of hydrogen-bond donors (Lipinski definition) is 1. The van der Waals surface area contributed by atoms with Gasteiger partial charge in [-0.1, -0.05) is 55.5 Å². The standard InChI is InChI=1S/C25H24N4O3/c1-2-15-28(25(31)22-14-9-16-32-22)18-24(30)26-23-17-21(19-10-5-3-6-11-19)27-29(23)20-12-7-4-8-13-20/h3-14,16-17H,2,15,18H2,1H3,(H,26,30). The third-order valence-electron chi connectivity index (χ3n) is 4.89. The van der Waals surface area contributed by atoms with Crippen LogP contribution in [-0.2, 0) is 4.79 Å². The molecule has 2 heterocycles. The van der Waals surface area contributed by atoms with Crippen molar-refractivity contribution in [3.8, 4) is 16.9 Å². The Hall–Kier alpha value is -4.13. The highest BCUT2D eigenvalue weighted by Gasteiger charge is 2.21. The molecule has 1 N–H and O–H groups in total. The van der Waals surface area contributed by atoms with Crippen molar-refractivity contribution in [2.45, 2.75) is 13.3 Å². The van der Waals surface area contributed by atoms with E-state index in [0.717, 1.165) is 23.4 Å². The first-order valence-corrected chi connectivity index (χ1v) is 10.5. The van der Waals surface area contributed by atoms with Crippen LogP contribution in [-0.4, -0.2) is 39.6 Å². The lowest BCUT2D eigenvalue weighted by Gasteiger charge is -2.20. The molecule has 0 atom stereocenters. The molecule has 4 rings (SSSR count). The molecular weight excluding hydrogens is 404 g/mol. The van der Waals surface area contributed by atoms with E-state index in [1.165, 1.54) is 11.2 Å². The van der Waals surface area contributed by atoms with E-state index in [0.29, 0.717) is 12.4 Å². The summed E-state index contributed by atoms with van der Waals surface area (Å²) in [5.74, 6) is 0.123. The number of carbonyl (C=O) groups excluding carboxylic acids is 2. The molecule has 0 radical (unpaired) electrons. The maximum atomic E-state index is 12.9. The lowest BCUT2D eigenvalue weighted by atomic mass is 10.1. The molecule has 32 heavy (non-hydrogen) atoms. The van der Waals surface area contributed by atoms with Gasteiger partial charge in [0.2, 0.25) is 5.91 Å². The minimum Gasteiger partial charge on any atom is -0.459 e. The highest BCUT2D eigenvalue weighted by atomic mass is 16.3. The van der Waals surface area contributed by atoms with Gasteiger partial charge in [0.25, 0.3) is 5.91 Å². The van der Waals surface area contributed by atoms with Crippen LogP contribution in [0.5, 0.6) is 0 Å². The van der Waals surface area contributed by atoms with E-state index in [2.05, 4.69) is 5.32 Å². The van der Waals surface area contributed by atoms with Crippen LogP contribution in [0.25, 0.3) is 16.9 Å². The van der Waals surface area contributed by atoms with Crippen molar-refractivity contribution in [2.24, 2.45) is 0 Å². The van der Waals surface area contributed by atoms with Gasteiger partial charge in [-0.15, -0.1) is 0 Å². The molecule has 0 spiro atoms. The minimum atomic E-state index is -0.312. The molecule has 0 unspecified atom stereocenters. The third-order valence-corrected chi connectivity index (χ3v) is 4.89. The number of para-hydroxylation sites is 1. The van der Waals surface area contributed by atoms with Crippen molar-refractivity contribution in [2.75, 3.05) is 18.4 Å². The topological polar surface area (TPSA) is 80.4 Å². The number of aromatic nitrogens is 2. The molecular formula is C25H24N4O3. The lowest BCUT2D eigenvalue weighted by molar-refractivity contribution is -0.117. The van der Waals surface area contributed by atoms with Crippen molar-refractivity contribution >= 4 is 17.6 Å². The number of nitrogens with zero attached hydrogens (tertiary/aromatic N) is 3. The van der Waals surface area contributed by atoms with Gasteiger partial charge in [0, 0.05) is 18.2 Å². The predicted molar refractivity (Wildman–Crippen MR) is 123 cm³/mol. The molecule has 162 valence electrons. The number of nitrogens with one attached hydrogen (secondary N) is 1. The summed E-state index contributed by atoms with van der Waals surface area (Å²) in [6.45, 7) is 2.31. The van der Waals surface area contributed by atoms with E-state index in [-0.39, 0.29) is 24.1 Å². The first kappa shape index (κ1) is 21.1. The molecule has 2 amide bonds. The van der Waals surface area contributed by atoms with Crippen molar-refractivity contribution < 1.29 is 14.0 Å². The summed E-state index contributed by atoms with van der Waals surface area (Å²) in [6.07, 6.45) is 2.17. The fraction of sp³-hybridized carbons (Fsp3) is 0.160. The summed E-state index contributed by atoms with van der Waals surface area (Å²) < 4.78 is 6.91. The Balaban J connectivity index is 1.59. The Labute approximate surface area is 186 Å². The Morgan fingerprint density at radius 3 is 2.38 bits per heavy atom. The van der Waals surface area contributed by atoms with Crippen molar-refractivity contribution in [3.05, 3.63) is 90.9 Å². The molecule has 7 nitrogen and oxygen atoms in total. The van der Waals surface area contributed by atoms with Crippen LogP contribution in [0.15, 0.2) is 89.5 Å². The van der Waals surface area contributed by atoms with Crippen LogP contribution in [0.2, 0.25) is 0 Å². The third kappa shape index (κ3) is 4.78. The maximum absolute atomic E-state index is 12.9. The monoisotopic (exact) mass is 428 g/mol. The molecule has 0 aliphatic carbocycles. The van der Waals surface area contributed by atoms with Gasteiger partial charge < -0.3 is 14.6 Å². The zero-order valence-corrected chi connectivity index (χ0v) is 17.8. The summed E-state index contributed by atoms with van der Waals surface area (Å²) in [6, 6.07) is 24.4. The van der Waals surface area contributed by atoms with E-state index in [9.17, 15) is 9.59 Å². The summed E-state index contributed by atoms with van der Waals surface area (Å²) in [7, 11) is 0. The number of rotatable bonds is 8. The first-order valence-electron chi connectivity index (χ1n) is 10.5. The second-order valence-corrected chi connectivity index (χ2v) is 7.28. The van der Waals surface area contributed by atoms with Crippen molar-refractivity contribution in [3.63, 3.8) is 0 Å². The van der Waals surface area contributed by atoms with E-state index in [4.69, 9.17) is 9.52 Å². The van der Waals surface area contributed by atoms with Crippen LogP contribution in [0.1, 0.15) is 23.9 Å². The minimum absolute atomic E-state index is 0.0893. The SMILES string of the molecule is CCCN(CC(=O)Nc1cc(-c2ccccc2)nn1-c1ccccc1)C(=O)c1ccco1. The predicted octanol–water partition coefficient (Wildman–Crippen LogP) is 4.62. The van der Waals surface area contributed by atoms with Crippen LogP contribution in [0.4, 0.5) is 5.82 Å². The summed E-state index contributed by atoms with van der Waals surface area (Å²) >= 11 is 0. The quantitative estimate of drug-likeness (QED) is 0.444. The first-order chi connectivity index (χ1) is 15.7. The van der Waals surface area contributed by atoms with Crippen LogP contribution in [0.3, 0.4) is 0 Å². The number of amides is 2. The number of anilines is 1. The summed E-state index contributed by atoms with van der Waals surface area (Å²) in [4.78, 5) is 27.1. The zero-order chi connectivity index (χ0) is 22.3. The molecule has 0 bridgehead atoms. The van der Waals surface area contributed by atoms with Crippen LogP contribution >= 0.6 is 0 Å². The number of hydrogen-bond acceptors (Lipinski definition) is 4. The van der Waals surface area contributed by atoms with E-state index >= 15 is 0 Å². The molecule has 0 saturated heterocycles. The molecule has 0 saturated carbocycles. The Morgan fingerprint density at radius 1 is 1.00 bits per heavy atom. The van der Waals surface area contributed by atoms with Gasteiger partial charge in [0.1, 0.15) is 12.4 Å². The number of furan rings is 1. The molecule has 0 fully saturated rings. The highest BCUT2D eigenvalue weighted by Crippen LogP contribution is 2.24. The zero-order valence-electron chi connectivity index (χ0n) is 17.8. The van der Waals surface area contributed by atoms with Gasteiger partial charge in [-0.3, -0.25) is 9.59 Å². The lowest BCUT2D eigenvalue weighted by Crippen LogP contribution is -2.38. The van der Waals surface area contributed by atoms with Crippen molar-refractivity contribution in [1.29, 1.82) is 0 Å². The van der Waals surface area contributed by atoms with Crippen molar-refractivity contribution in [1.82, 2.24) is 14.7 Å². The molecule has 0 aliphatic heterocycles. The van der Waals surface area contributed by atoms with E-state index in [1.807, 2.05) is 73.7 Å². The molecule has 7 heteroatoms. The van der Waals surface area contributed by atoms with Gasteiger partial charge in [0.15, 0.2) is 5.76 Å². The molecule has 0 aliphatic rings. The maximum Gasteiger partial charge on any atom is 0.290 e. The van der Waals surface area contributed by atoms with Gasteiger partial charge in [-0.2, -0.15) is 5.10 Å². The number of benzene rings is 2. The summed E-state index contributed by atoms with van der Waals surface area (Å²) in [5.41, 5.74) is 2.50. The fourth-order valence-electron chi connectivity index (χ4n) is 3.42. The smallest absolute Gasteiger partial charge is 0.290 e. The van der Waals surface area contributed by atoms with Crippen LogP contribution in [0, 0.1) is 0 Å². The second kappa shape index (κ2) is 9.78. The summed E-state index contributed by atoms with van der Waals surface area (Å²) in [5, 5.41) is 7.63. The molecule has 4 aromatic rings. The fourth-order valence-corrected chi connectivity index (χ4v) is 3.42. The average Bonchev–Trinajstić information content (AvgIpc) is 3.50. The molecule has 2 aromatic heterocycles. The van der Waals surface area contributed by atoms with Gasteiger partial charge in [-0.05, 0) is 30.7 Å². The van der Waals surface area contributed by atoms with Crippen LogP contribution < -0.4 is 5.32 Å². The second-order valence-electron chi connectivity index (χ2n) is 7.28. The van der Waals surface area contributed by atoms with E-state index in [1.54, 1.807) is 16.8 Å².